The zero-order chi connectivity index (χ0) is 26.3. The minimum absolute atomic E-state index is 0.0703. The summed E-state index contributed by atoms with van der Waals surface area (Å²) in [4.78, 5) is 23.6. The summed E-state index contributed by atoms with van der Waals surface area (Å²) in [6.07, 6.45) is 0.962. The predicted octanol–water partition coefficient (Wildman–Crippen LogP) is 5.02. The third-order valence-corrected chi connectivity index (χ3v) is 7.04. The van der Waals surface area contributed by atoms with Crippen LogP contribution in [-0.2, 0) is 23.2 Å². The molecule has 37 heavy (non-hydrogen) atoms. The molecule has 0 radical (unpaired) electrons. The average molecular weight is 524 g/mol. The smallest absolute Gasteiger partial charge is 0.251 e. The number of para-hydroxylation sites is 1. The molecule has 1 fully saturated rings. The maximum absolute atomic E-state index is 14.5. The topological polar surface area (TPSA) is 82.4 Å². The number of carbonyl (C=O) groups excluding carboxylic acids is 1. The molecular formula is C27H27ClFN5O3. The van der Waals surface area contributed by atoms with Crippen LogP contribution in [0.4, 0.5) is 4.39 Å². The first-order valence-electron chi connectivity index (χ1n) is 12.0. The highest BCUT2D eigenvalue weighted by Crippen LogP contribution is 2.35. The van der Waals surface area contributed by atoms with Crippen molar-refractivity contribution in [1.82, 2.24) is 24.6 Å². The van der Waals surface area contributed by atoms with Crippen molar-refractivity contribution < 1.29 is 18.7 Å². The van der Waals surface area contributed by atoms with Gasteiger partial charge in [-0.1, -0.05) is 23.7 Å². The Morgan fingerprint density at radius 3 is 2.86 bits per heavy atom. The van der Waals surface area contributed by atoms with E-state index in [0.29, 0.717) is 35.5 Å². The van der Waals surface area contributed by atoms with Crippen LogP contribution >= 0.6 is 11.6 Å². The predicted molar refractivity (Wildman–Crippen MR) is 138 cm³/mol. The van der Waals surface area contributed by atoms with Gasteiger partial charge in [0.05, 0.1) is 17.7 Å². The van der Waals surface area contributed by atoms with Crippen LogP contribution in [0.3, 0.4) is 0 Å². The number of fused-ring (bicyclic) bond motifs is 1. The van der Waals surface area contributed by atoms with Crippen LogP contribution in [0.5, 0.6) is 5.75 Å². The van der Waals surface area contributed by atoms with E-state index in [0.717, 1.165) is 22.5 Å². The molecule has 8 nitrogen and oxygen atoms in total. The Hall–Kier alpha value is -3.56. The molecular weight excluding hydrogens is 497 g/mol. The summed E-state index contributed by atoms with van der Waals surface area (Å²) in [7, 11) is 1.84. The summed E-state index contributed by atoms with van der Waals surface area (Å²) < 4.78 is 27.9. The van der Waals surface area contributed by atoms with E-state index in [2.05, 4.69) is 10.1 Å². The number of morpholine rings is 1. The number of hydrogen-bond donors (Lipinski definition) is 0. The monoisotopic (exact) mass is 523 g/mol. The number of nitrogens with zero attached hydrogens (tertiary/aromatic N) is 5. The van der Waals surface area contributed by atoms with E-state index in [1.54, 1.807) is 16.5 Å². The van der Waals surface area contributed by atoms with Crippen LogP contribution in [0, 0.1) is 12.7 Å². The summed E-state index contributed by atoms with van der Waals surface area (Å²) in [5, 5.41) is 5.29. The first-order valence-corrected chi connectivity index (χ1v) is 12.4. The largest absolute Gasteiger partial charge is 0.487 e. The van der Waals surface area contributed by atoms with Crippen molar-refractivity contribution in [1.29, 1.82) is 0 Å². The van der Waals surface area contributed by atoms with Crippen molar-refractivity contribution in [2.75, 3.05) is 13.2 Å². The van der Waals surface area contributed by atoms with E-state index in [1.165, 1.54) is 18.5 Å². The van der Waals surface area contributed by atoms with E-state index in [-0.39, 0.29) is 17.5 Å². The van der Waals surface area contributed by atoms with Gasteiger partial charge in [0.1, 0.15) is 36.1 Å². The molecule has 1 amide bonds. The number of carbonyl (C=O) groups is 1. The molecule has 192 valence electrons. The van der Waals surface area contributed by atoms with Gasteiger partial charge in [-0.05, 0) is 50.6 Å². The molecule has 0 aliphatic carbocycles. The molecule has 2 aromatic heterocycles. The molecule has 1 saturated heterocycles. The molecule has 0 spiro atoms. The number of rotatable bonds is 6. The highest BCUT2D eigenvalue weighted by molar-refractivity contribution is 6.31. The van der Waals surface area contributed by atoms with Crippen molar-refractivity contribution in [3.8, 4) is 17.1 Å². The number of amides is 1. The number of aryl methyl sites for hydroxylation is 2. The van der Waals surface area contributed by atoms with Gasteiger partial charge in [0.25, 0.3) is 5.91 Å². The lowest BCUT2D eigenvalue weighted by molar-refractivity contribution is -0.154. The minimum atomic E-state index is -0.548. The molecule has 10 heteroatoms. The van der Waals surface area contributed by atoms with E-state index in [1.807, 2.05) is 45.2 Å². The Bertz CT molecular complexity index is 1490. The summed E-state index contributed by atoms with van der Waals surface area (Å²) in [5.74, 6) is 0.658. The van der Waals surface area contributed by atoms with Crippen LogP contribution in [0.15, 0.2) is 42.7 Å². The van der Waals surface area contributed by atoms with Gasteiger partial charge in [-0.25, -0.2) is 19.0 Å². The second kappa shape index (κ2) is 10.1. The van der Waals surface area contributed by atoms with Gasteiger partial charge >= 0.3 is 0 Å². The molecule has 0 N–H and O–H groups in total. The maximum Gasteiger partial charge on any atom is 0.251 e. The maximum atomic E-state index is 14.5. The lowest BCUT2D eigenvalue weighted by Gasteiger charge is -2.36. The third kappa shape index (κ3) is 4.76. The lowest BCUT2D eigenvalue weighted by Crippen LogP contribution is -2.47. The number of benzene rings is 2. The van der Waals surface area contributed by atoms with E-state index in [9.17, 15) is 9.18 Å². The fraction of sp³-hybridized carbons (Fsp3) is 0.333. The molecule has 1 aliphatic rings. The minimum Gasteiger partial charge on any atom is -0.487 e. The van der Waals surface area contributed by atoms with Gasteiger partial charge in [-0.3, -0.25) is 4.79 Å². The first-order chi connectivity index (χ1) is 17.7. The van der Waals surface area contributed by atoms with E-state index < -0.39 is 18.0 Å². The van der Waals surface area contributed by atoms with Gasteiger partial charge in [-0.15, -0.1) is 0 Å². The van der Waals surface area contributed by atoms with Crippen molar-refractivity contribution in [3.05, 3.63) is 70.4 Å². The fourth-order valence-electron chi connectivity index (χ4n) is 4.79. The van der Waals surface area contributed by atoms with E-state index >= 15 is 0 Å². The Morgan fingerprint density at radius 2 is 2.11 bits per heavy atom. The highest BCUT2D eigenvalue weighted by atomic mass is 35.5. The SMILES string of the molecule is Cc1cc(-c2ncnn2C)c2cccc(OCc3c(Cl)cc(F)cc3[C@H](C)N3CCOC(C)C3=O)c2n1. The first kappa shape index (κ1) is 25.1. The zero-order valence-corrected chi connectivity index (χ0v) is 21.8. The molecule has 0 bridgehead atoms. The third-order valence-electron chi connectivity index (χ3n) is 6.70. The summed E-state index contributed by atoms with van der Waals surface area (Å²) >= 11 is 6.52. The lowest BCUT2D eigenvalue weighted by atomic mass is 9.99. The summed E-state index contributed by atoms with van der Waals surface area (Å²) in [5.41, 5.74) is 3.57. The van der Waals surface area contributed by atoms with Crippen LogP contribution in [0.1, 0.15) is 36.7 Å². The van der Waals surface area contributed by atoms with Gasteiger partial charge in [-0.2, -0.15) is 5.10 Å². The Balaban J connectivity index is 1.51. The van der Waals surface area contributed by atoms with Crippen molar-refractivity contribution in [2.24, 2.45) is 7.05 Å². The van der Waals surface area contributed by atoms with Crippen LogP contribution in [0.25, 0.3) is 22.3 Å². The fourth-order valence-corrected chi connectivity index (χ4v) is 5.05. The molecule has 3 heterocycles. The molecule has 1 aliphatic heterocycles. The molecule has 2 aromatic carbocycles. The Labute approximate surface area is 219 Å². The second-order valence-electron chi connectivity index (χ2n) is 9.14. The number of hydrogen-bond acceptors (Lipinski definition) is 6. The van der Waals surface area contributed by atoms with Gasteiger partial charge in [0.15, 0.2) is 5.82 Å². The van der Waals surface area contributed by atoms with Gasteiger partial charge in [0.2, 0.25) is 0 Å². The van der Waals surface area contributed by atoms with Crippen molar-refractivity contribution in [3.63, 3.8) is 0 Å². The van der Waals surface area contributed by atoms with Crippen LogP contribution in [0.2, 0.25) is 5.02 Å². The number of ether oxygens (including phenoxy) is 2. The molecule has 0 saturated carbocycles. The molecule has 4 aromatic rings. The number of aromatic nitrogens is 4. The highest BCUT2D eigenvalue weighted by Gasteiger charge is 2.31. The number of pyridine rings is 1. The van der Waals surface area contributed by atoms with E-state index in [4.69, 9.17) is 26.1 Å². The molecule has 5 rings (SSSR count). The zero-order valence-electron chi connectivity index (χ0n) is 21.0. The molecule has 1 unspecified atom stereocenters. The Morgan fingerprint density at radius 1 is 1.30 bits per heavy atom. The van der Waals surface area contributed by atoms with Gasteiger partial charge < -0.3 is 14.4 Å². The quantitative estimate of drug-likeness (QED) is 0.353. The van der Waals surface area contributed by atoms with Crippen LogP contribution < -0.4 is 4.74 Å². The average Bonchev–Trinajstić information content (AvgIpc) is 3.29. The normalized spacial score (nSPS) is 16.9. The standard InChI is InChI=1S/C27H27ClFN5O3/c1-15-10-21(26-30-14-31-33(26)4)19-6-5-7-24(25(19)32-15)37-13-22-20(11-18(29)12-23(22)28)16(2)34-8-9-36-17(3)27(34)35/h5-7,10-12,14,16-17H,8-9,13H2,1-4H3/t16-,17?/m0/s1. The van der Waals surface area contributed by atoms with Gasteiger partial charge in [0, 0.05) is 35.8 Å². The summed E-state index contributed by atoms with van der Waals surface area (Å²) in [6, 6.07) is 9.91. The number of halogens is 2. The summed E-state index contributed by atoms with van der Waals surface area (Å²) in [6.45, 7) is 6.39. The Kier molecular flexibility index (Phi) is 6.83. The van der Waals surface area contributed by atoms with Crippen molar-refractivity contribution in [2.45, 2.75) is 39.5 Å². The van der Waals surface area contributed by atoms with Crippen molar-refractivity contribution >= 4 is 28.4 Å². The molecule has 2 atom stereocenters. The van der Waals surface area contributed by atoms with Crippen LogP contribution in [-0.4, -0.2) is 49.8 Å². The second-order valence-corrected chi connectivity index (χ2v) is 9.54.